The second-order valence-electron chi connectivity index (χ2n) is 11.5. The van der Waals surface area contributed by atoms with Gasteiger partial charge in [-0.05, 0) is 37.6 Å². The van der Waals surface area contributed by atoms with Gasteiger partial charge in [0.05, 0.1) is 11.6 Å². The average molecular weight is 750 g/mol. The number of thiazole rings is 1. The Kier molecular flexibility index (Phi) is 11.9. The molecule has 2 aromatic heterocycles. The van der Waals surface area contributed by atoms with E-state index >= 15 is 0 Å². The number of nitrogen functional groups attached to an aromatic ring is 1. The maximum absolute atomic E-state index is 13.2. The van der Waals surface area contributed by atoms with E-state index < -0.39 is 58.2 Å². The van der Waals surface area contributed by atoms with Gasteiger partial charge >= 0.3 is 11.9 Å². The lowest BCUT2D eigenvalue weighted by Gasteiger charge is -2.51. The summed E-state index contributed by atoms with van der Waals surface area (Å²) in [5, 5.41) is 20.2. The van der Waals surface area contributed by atoms with Gasteiger partial charge in [-0.3, -0.25) is 14.4 Å². The minimum Gasteiger partial charge on any atom is -0.724 e. The number of rotatable bonds is 16. The second-order valence-corrected chi connectivity index (χ2v) is 13.4. The van der Waals surface area contributed by atoms with Crippen LogP contribution in [0.15, 0.2) is 53.1 Å². The summed E-state index contributed by atoms with van der Waals surface area (Å²) in [5.41, 5.74) is 16.7. The van der Waals surface area contributed by atoms with E-state index in [0.717, 1.165) is 22.5 Å². The lowest BCUT2D eigenvalue weighted by Crippen LogP contribution is -2.76. The normalized spacial score (nSPS) is 16.3. The number of hydrogen-bond donors (Lipinski definition) is 6. The molecule has 0 bridgehead atoms. The van der Waals surface area contributed by atoms with Crippen LogP contribution in [-0.2, 0) is 41.0 Å². The molecule has 0 aliphatic carbocycles. The molecule has 0 radical (unpaired) electrons. The van der Waals surface area contributed by atoms with E-state index in [1.807, 2.05) is 0 Å². The molecule has 1 aliphatic rings. The van der Waals surface area contributed by atoms with Crippen LogP contribution in [0.3, 0.4) is 0 Å². The molecule has 9 N–H and O–H groups in total. The largest absolute Gasteiger partial charge is 0.724 e. The van der Waals surface area contributed by atoms with Crippen molar-refractivity contribution in [1.82, 2.24) is 20.7 Å². The maximum atomic E-state index is 13.2. The maximum Gasteiger partial charge on any atom is 0.351 e. The number of oxime groups is 1. The third-order valence-corrected chi connectivity index (χ3v) is 8.51. The van der Waals surface area contributed by atoms with Crippen molar-refractivity contribution in [1.29, 1.82) is 0 Å². The van der Waals surface area contributed by atoms with Crippen molar-refractivity contribution in [2.45, 2.75) is 37.6 Å². The highest BCUT2D eigenvalue weighted by Gasteiger charge is 2.57. The van der Waals surface area contributed by atoms with Gasteiger partial charge in [0.1, 0.15) is 31.1 Å². The first-order chi connectivity index (χ1) is 23.9. The third kappa shape index (κ3) is 9.30. The van der Waals surface area contributed by atoms with E-state index in [9.17, 15) is 37.3 Å². The zero-order valence-corrected chi connectivity index (χ0v) is 29.0. The molecule has 1 aliphatic heterocycles. The number of pyridine rings is 1. The first-order valence-electron chi connectivity index (χ1n) is 14.9. The van der Waals surface area contributed by atoms with Gasteiger partial charge in [-0.25, -0.2) is 18.2 Å². The van der Waals surface area contributed by atoms with Crippen LogP contribution in [0.4, 0.5) is 5.13 Å². The topological polar surface area (TPSA) is 308 Å². The van der Waals surface area contributed by atoms with Crippen molar-refractivity contribution in [3.05, 3.63) is 59.4 Å². The first-order valence-corrected chi connectivity index (χ1v) is 17.1. The summed E-state index contributed by atoms with van der Waals surface area (Å²) in [6.45, 7) is 2.49. The Morgan fingerprint density at radius 3 is 2.33 bits per heavy atom. The monoisotopic (exact) mass is 749 g/mol. The highest BCUT2D eigenvalue weighted by Crippen LogP contribution is 2.33. The Labute approximate surface area is 295 Å². The molecule has 22 heteroatoms. The van der Waals surface area contributed by atoms with Crippen LogP contribution < -0.4 is 37.1 Å². The Morgan fingerprint density at radius 1 is 1.16 bits per heavy atom. The van der Waals surface area contributed by atoms with Crippen molar-refractivity contribution in [3.8, 4) is 16.9 Å². The van der Waals surface area contributed by atoms with Crippen molar-refractivity contribution in [2.24, 2.45) is 23.7 Å². The zero-order valence-electron chi connectivity index (χ0n) is 27.3. The molecule has 3 heterocycles. The number of aliphatic carboxylic acids is 1. The van der Waals surface area contributed by atoms with Crippen LogP contribution >= 0.6 is 11.3 Å². The highest BCUT2D eigenvalue weighted by atomic mass is 32.3. The number of aromatic nitrogens is 2. The molecule has 3 aromatic rings. The molecule has 51 heavy (non-hydrogen) atoms. The fraction of sp³-hybridized carbons (Fsp3) is 0.345. The van der Waals surface area contributed by atoms with Crippen LogP contribution in [0.1, 0.15) is 30.0 Å². The van der Waals surface area contributed by atoms with Gasteiger partial charge in [-0.2, -0.15) is 13.9 Å². The molecular formula is C29H35N9O11S2. The predicted molar refractivity (Wildman–Crippen MR) is 177 cm³/mol. The standard InChI is InChI=1S/C29H35N9O11S2/c1-29(2)23(26(41)38(29)49-51(44,45)46)35-25(40)22(19-14-50-28(32)34-19)36-48-21(27(42)43)13-47-18-7-4-15(5-8-18)16-6-9-20(37(3)12-16)24(39)33-17(10-30)11-31/h4-9,12,14,17,21,23H,10-11,13,30-31H2,1-3H3,(H5-,32,33,34,35,39,40,42,43,44,45,46)/b36-22-/t21-,23?/m0/s1. The van der Waals surface area contributed by atoms with Gasteiger partial charge in [0, 0.05) is 30.1 Å². The van der Waals surface area contributed by atoms with Crippen LogP contribution in [-0.4, -0.2) is 101 Å². The Bertz CT molecular complexity index is 1930. The van der Waals surface area contributed by atoms with Crippen LogP contribution in [0.5, 0.6) is 5.75 Å². The van der Waals surface area contributed by atoms with E-state index in [2.05, 4.69) is 25.1 Å². The fourth-order valence-corrected chi connectivity index (χ4v) is 5.68. The molecular weight excluding hydrogens is 715 g/mol. The van der Waals surface area contributed by atoms with E-state index in [1.165, 1.54) is 19.2 Å². The number of carbonyl (C=O) groups is 4. The minimum absolute atomic E-state index is 0.0331. The summed E-state index contributed by atoms with van der Waals surface area (Å²) in [6.07, 6.45) is 0.0239. The summed E-state index contributed by atoms with van der Waals surface area (Å²) < 4.78 is 44.4. The molecule has 0 spiro atoms. The second kappa shape index (κ2) is 15.7. The molecule has 1 saturated heterocycles. The zero-order chi connectivity index (χ0) is 37.7. The van der Waals surface area contributed by atoms with E-state index in [1.54, 1.807) is 54.2 Å². The number of β-lactam (4-membered cyclic amide) rings is 1. The number of nitrogens with one attached hydrogen (secondary N) is 2. The summed E-state index contributed by atoms with van der Waals surface area (Å²) in [5.74, 6) is -3.65. The Hall–Kier alpha value is -5.26. The van der Waals surface area contributed by atoms with E-state index in [4.69, 9.17) is 26.8 Å². The number of aryl methyl sites for hydroxylation is 1. The molecule has 274 valence electrons. The number of anilines is 1. The number of carbonyl (C=O) groups excluding carboxylic acids is 3. The first kappa shape index (κ1) is 38.5. The van der Waals surface area contributed by atoms with Gasteiger partial charge < -0.3 is 47.1 Å². The van der Waals surface area contributed by atoms with Gasteiger partial charge in [0.15, 0.2) is 17.0 Å². The van der Waals surface area contributed by atoms with E-state index in [-0.39, 0.29) is 41.6 Å². The molecule has 1 unspecified atom stereocenters. The summed E-state index contributed by atoms with van der Waals surface area (Å²) in [7, 11) is -3.57. The number of hydroxylamine groups is 2. The van der Waals surface area contributed by atoms with E-state index in [0.29, 0.717) is 10.8 Å². The number of hydrogen-bond acceptors (Lipinski definition) is 16. The van der Waals surface area contributed by atoms with Gasteiger partial charge in [0.25, 0.3) is 23.6 Å². The van der Waals surface area contributed by atoms with Crippen LogP contribution in [0, 0.1) is 0 Å². The summed E-state index contributed by atoms with van der Waals surface area (Å²) >= 11 is 0.935. The van der Waals surface area contributed by atoms with Crippen molar-refractivity contribution in [3.63, 3.8) is 0 Å². The fourth-order valence-electron chi connectivity index (χ4n) is 4.68. The Balaban J connectivity index is 1.43. The van der Waals surface area contributed by atoms with Gasteiger partial charge in [-0.1, -0.05) is 17.3 Å². The smallest absolute Gasteiger partial charge is 0.351 e. The van der Waals surface area contributed by atoms with Crippen molar-refractivity contribution in [2.75, 3.05) is 25.4 Å². The number of carboxylic acids is 1. The number of carboxylic acid groups (broad SMARTS) is 1. The predicted octanol–water partition coefficient (Wildman–Crippen LogP) is -2.02. The Morgan fingerprint density at radius 2 is 1.80 bits per heavy atom. The summed E-state index contributed by atoms with van der Waals surface area (Å²) in [4.78, 5) is 59.5. The summed E-state index contributed by atoms with van der Waals surface area (Å²) in [6, 6.07) is 8.28. The lowest BCUT2D eigenvalue weighted by atomic mass is 9.84. The number of amides is 3. The molecule has 0 saturated carbocycles. The van der Waals surface area contributed by atoms with Crippen molar-refractivity contribution >= 4 is 56.3 Å². The number of ether oxygens (including phenoxy) is 1. The van der Waals surface area contributed by atoms with Crippen LogP contribution in [0.25, 0.3) is 11.1 Å². The quantitative estimate of drug-likeness (QED) is 0.0230. The van der Waals surface area contributed by atoms with Crippen molar-refractivity contribution < 1.29 is 55.7 Å². The molecule has 3 amide bonds. The number of nitrogens with zero attached hydrogens (tertiary/aromatic N) is 4. The highest BCUT2D eigenvalue weighted by molar-refractivity contribution is 7.80. The molecule has 1 fully saturated rings. The SMILES string of the molecule is C[n+]1cc(-c2ccc(OC[C@H](O/N=C(\C(=O)NC3C(=O)N(OS(=O)(=O)[O-])C3(C)C)c3csc(N)n3)C(=O)O)cc2)ccc1C(=O)NC(CN)CN. The molecule has 2 atom stereocenters. The van der Waals surface area contributed by atoms with Gasteiger partial charge in [0.2, 0.25) is 10.4 Å². The molecule has 20 nitrogen and oxygen atoms in total. The molecule has 4 rings (SSSR count). The minimum atomic E-state index is -5.28. The third-order valence-electron chi connectivity index (χ3n) is 7.50. The lowest BCUT2D eigenvalue weighted by molar-refractivity contribution is -0.673. The molecule has 1 aromatic carbocycles. The average Bonchev–Trinajstić information content (AvgIpc) is 3.51. The van der Waals surface area contributed by atoms with Gasteiger partial charge in [-0.15, -0.1) is 11.3 Å². The number of benzene rings is 1. The van der Waals surface area contributed by atoms with Crippen LogP contribution in [0.2, 0.25) is 0 Å². The number of nitrogens with two attached hydrogens (primary N) is 3.